The standard InChI is InChI=1S/C23H22N2O5/c1-28-19-13-16(14-20(29-2)21(19)30-3)23(27)25-18-11-9-17(10-12-18)24-22(26)15-7-5-4-6-8-15/h4-14H,1-3H3,(H,24,26)(H,25,27). The van der Waals surface area contributed by atoms with Crippen molar-refractivity contribution in [2.75, 3.05) is 32.0 Å². The van der Waals surface area contributed by atoms with Crippen molar-refractivity contribution in [1.29, 1.82) is 0 Å². The van der Waals surface area contributed by atoms with Crippen molar-refractivity contribution in [3.63, 3.8) is 0 Å². The summed E-state index contributed by atoms with van der Waals surface area (Å²) in [5, 5.41) is 5.62. The van der Waals surface area contributed by atoms with Crippen LogP contribution < -0.4 is 24.8 Å². The number of anilines is 2. The van der Waals surface area contributed by atoms with Gasteiger partial charge < -0.3 is 24.8 Å². The zero-order valence-electron chi connectivity index (χ0n) is 16.9. The van der Waals surface area contributed by atoms with Crippen LogP contribution in [0, 0.1) is 0 Å². The number of carbonyl (C=O) groups excluding carboxylic acids is 2. The molecule has 3 aromatic carbocycles. The first-order valence-corrected chi connectivity index (χ1v) is 9.13. The Hall–Kier alpha value is -4.00. The van der Waals surface area contributed by atoms with Crippen LogP contribution in [0.5, 0.6) is 17.2 Å². The number of carbonyl (C=O) groups is 2. The van der Waals surface area contributed by atoms with Gasteiger partial charge in [0, 0.05) is 22.5 Å². The molecule has 0 spiro atoms. The van der Waals surface area contributed by atoms with Crippen LogP contribution in [0.15, 0.2) is 66.7 Å². The van der Waals surface area contributed by atoms with Crippen molar-refractivity contribution in [3.8, 4) is 17.2 Å². The normalized spacial score (nSPS) is 10.1. The molecule has 0 saturated heterocycles. The Morgan fingerprint density at radius 1 is 0.633 bits per heavy atom. The van der Waals surface area contributed by atoms with Crippen molar-refractivity contribution < 1.29 is 23.8 Å². The average Bonchev–Trinajstić information content (AvgIpc) is 2.79. The van der Waals surface area contributed by atoms with Gasteiger partial charge in [-0.05, 0) is 48.5 Å². The number of ether oxygens (including phenoxy) is 3. The molecule has 0 aliphatic heterocycles. The second kappa shape index (κ2) is 9.47. The van der Waals surface area contributed by atoms with Crippen LogP contribution in [0.4, 0.5) is 11.4 Å². The number of benzene rings is 3. The Balaban J connectivity index is 1.71. The monoisotopic (exact) mass is 406 g/mol. The van der Waals surface area contributed by atoms with Gasteiger partial charge in [-0.1, -0.05) is 18.2 Å². The van der Waals surface area contributed by atoms with Gasteiger partial charge in [-0.2, -0.15) is 0 Å². The molecule has 0 heterocycles. The van der Waals surface area contributed by atoms with Gasteiger partial charge in [-0.3, -0.25) is 9.59 Å². The van der Waals surface area contributed by atoms with Gasteiger partial charge in [0.05, 0.1) is 21.3 Å². The Morgan fingerprint density at radius 2 is 1.10 bits per heavy atom. The molecular weight excluding hydrogens is 384 g/mol. The minimum absolute atomic E-state index is 0.204. The van der Waals surface area contributed by atoms with E-state index in [1.54, 1.807) is 60.7 Å². The quantitative estimate of drug-likeness (QED) is 0.614. The maximum Gasteiger partial charge on any atom is 0.255 e. The summed E-state index contributed by atoms with van der Waals surface area (Å²) in [5.74, 6) is 0.650. The number of nitrogens with one attached hydrogen (secondary N) is 2. The summed E-state index contributed by atoms with van der Waals surface area (Å²) in [6.07, 6.45) is 0. The third-order valence-corrected chi connectivity index (χ3v) is 4.36. The molecule has 0 saturated carbocycles. The van der Waals surface area contributed by atoms with Crippen LogP contribution in [0.25, 0.3) is 0 Å². The average molecular weight is 406 g/mol. The van der Waals surface area contributed by atoms with Gasteiger partial charge in [0.1, 0.15) is 0 Å². The summed E-state index contributed by atoms with van der Waals surface area (Å²) < 4.78 is 15.8. The molecule has 0 fully saturated rings. The Morgan fingerprint density at radius 3 is 1.53 bits per heavy atom. The molecule has 0 atom stereocenters. The van der Waals surface area contributed by atoms with E-state index in [1.165, 1.54) is 21.3 Å². The maximum atomic E-state index is 12.7. The second-order valence-electron chi connectivity index (χ2n) is 6.27. The van der Waals surface area contributed by atoms with Crippen molar-refractivity contribution in [2.45, 2.75) is 0 Å². The van der Waals surface area contributed by atoms with E-state index in [0.717, 1.165) is 0 Å². The second-order valence-corrected chi connectivity index (χ2v) is 6.27. The molecule has 0 radical (unpaired) electrons. The van der Waals surface area contributed by atoms with Crippen LogP contribution in [0.2, 0.25) is 0 Å². The summed E-state index contributed by atoms with van der Waals surface area (Å²) >= 11 is 0. The zero-order chi connectivity index (χ0) is 21.5. The third-order valence-electron chi connectivity index (χ3n) is 4.36. The van der Waals surface area contributed by atoms with E-state index in [2.05, 4.69) is 10.6 Å². The molecule has 3 rings (SSSR count). The third kappa shape index (κ3) is 4.70. The Bertz CT molecular complexity index is 1010. The maximum absolute atomic E-state index is 12.7. The number of methoxy groups -OCH3 is 3. The molecule has 154 valence electrons. The molecule has 7 nitrogen and oxygen atoms in total. The van der Waals surface area contributed by atoms with E-state index >= 15 is 0 Å². The molecular formula is C23H22N2O5. The highest BCUT2D eigenvalue weighted by atomic mass is 16.5. The van der Waals surface area contributed by atoms with E-state index < -0.39 is 0 Å². The zero-order valence-corrected chi connectivity index (χ0v) is 16.9. The van der Waals surface area contributed by atoms with E-state index in [1.807, 2.05) is 6.07 Å². The first-order chi connectivity index (χ1) is 14.5. The van der Waals surface area contributed by atoms with Gasteiger partial charge in [0.15, 0.2) is 11.5 Å². The minimum Gasteiger partial charge on any atom is -0.493 e. The summed E-state index contributed by atoms with van der Waals surface area (Å²) in [6, 6.07) is 18.9. The molecule has 0 aliphatic carbocycles. The van der Waals surface area contributed by atoms with Crippen LogP contribution in [-0.2, 0) is 0 Å². The highest BCUT2D eigenvalue weighted by Crippen LogP contribution is 2.38. The molecule has 2 N–H and O–H groups in total. The fourth-order valence-corrected chi connectivity index (χ4v) is 2.85. The predicted octanol–water partition coefficient (Wildman–Crippen LogP) is 4.22. The van der Waals surface area contributed by atoms with Crippen LogP contribution in [0.1, 0.15) is 20.7 Å². The van der Waals surface area contributed by atoms with Crippen LogP contribution >= 0.6 is 0 Å². The van der Waals surface area contributed by atoms with Gasteiger partial charge >= 0.3 is 0 Å². The smallest absolute Gasteiger partial charge is 0.255 e. The summed E-state index contributed by atoms with van der Waals surface area (Å²) in [6.45, 7) is 0. The number of amides is 2. The van der Waals surface area contributed by atoms with Gasteiger partial charge in [-0.15, -0.1) is 0 Å². The summed E-state index contributed by atoms with van der Waals surface area (Å²) in [5.41, 5.74) is 2.12. The molecule has 0 aliphatic rings. The Labute approximate surface area is 174 Å². The lowest BCUT2D eigenvalue weighted by Gasteiger charge is -2.14. The number of rotatable bonds is 7. The first-order valence-electron chi connectivity index (χ1n) is 9.13. The predicted molar refractivity (Wildman–Crippen MR) is 115 cm³/mol. The molecule has 0 aromatic heterocycles. The molecule has 2 amide bonds. The SMILES string of the molecule is COc1cc(C(=O)Nc2ccc(NC(=O)c3ccccc3)cc2)cc(OC)c1OC. The lowest BCUT2D eigenvalue weighted by molar-refractivity contribution is 0.101. The van der Waals surface area contributed by atoms with Crippen LogP contribution in [-0.4, -0.2) is 33.1 Å². The van der Waals surface area contributed by atoms with Crippen molar-refractivity contribution >= 4 is 23.2 Å². The molecule has 0 unspecified atom stereocenters. The fraction of sp³-hybridized carbons (Fsp3) is 0.130. The molecule has 3 aromatic rings. The van der Waals surface area contributed by atoms with Crippen molar-refractivity contribution in [3.05, 3.63) is 77.9 Å². The van der Waals surface area contributed by atoms with Crippen LogP contribution in [0.3, 0.4) is 0 Å². The molecule has 0 bridgehead atoms. The topological polar surface area (TPSA) is 85.9 Å². The van der Waals surface area contributed by atoms with Gasteiger partial charge in [0.2, 0.25) is 5.75 Å². The lowest BCUT2D eigenvalue weighted by Crippen LogP contribution is -2.13. The van der Waals surface area contributed by atoms with E-state index in [-0.39, 0.29) is 11.8 Å². The highest BCUT2D eigenvalue weighted by Gasteiger charge is 2.17. The fourth-order valence-electron chi connectivity index (χ4n) is 2.85. The molecule has 30 heavy (non-hydrogen) atoms. The number of hydrogen-bond acceptors (Lipinski definition) is 5. The van der Waals surface area contributed by atoms with E-state index in [4.69, 9.17) is 14.2 Å². The largest absolute Gasteiger partial charge is 0.493 e. The lowest BCUT2D eigenvalue weighted by atomic mass is 10.1. The van der Waals surface area contributed by atoms with Gasteiger partial charge in [0.25, 0.3) is 11.8 Å². The van der Waals surface area contributed by atoms with E-state index in [9.17, 15) is 9.59 Å². The van der Waals surface area contributed by atoms with Gasteiger partial charge in [-0.25, -0.2) is 0 Å². The highest BCUT2D eigenvalue weighted by molar-refractivity contribution is 6.06. The minimum atomic E-state index is -0.338. The summed E-state index contributed by atoms with van der Waals surface area (Å²) in [7, 11) is 4.47. The summed E-state index contributed by atoms with van der Waals surface area (Å²) in [4.78, 5) is 24.9. The van der Waals surface area contributed by atoms with Crippen molar-refractivity contribution in [1.82, 2.24) is 0 Å². The first kappa shape index (κ1) is 20.7. The Kier molecular flexibility index (Phi) is 6.54. The number of hydrogen-bond donors (Lipinski definition) is 2. The van der Waals surface area contributed by atoms with Crippen molar-refractivity contribution in [2.24, 2.45) is 0 Å². The van der Waals surface area contributed by atoms with E-state index in [0.29, 0.717) is 39.8 Å². The molecule has 7 heteroatoms.